The molecule has 0 radical (unpaired) electrons. The van der Waals surface area contributed by atoms with Crippen LogP contribution >= 0.6 is 0 Å². The van der Waals surface area contributed by atoms with Crippen LogP contribution in [0.5, 0.6) is 0 Å². The summed E-state index contributed by atoms with van der Waals surface area (Å²) in [5.41, 5.74) is 5.42. The molecule has 0 atom stereocenters. The molecule has 0 aliphatic rings. The Morgan fingerprint density at radius 1 is 0.731 bits per heavy atom. The van der Waals surface area contributed by atoms with Gasteiger partial charge in [0.25, 0.3) is 0 Å². The summed E-state index contributed by atoms with van der Waals surface area (Å²) in [4.78, 5) is 21.5. The van der Waals surface area contributed by atoms with E-state index in [0.717, 1.165) is 28.0 Å². The third-order valence-corrected chi connectivity index (χ3v) is 4.18. The lowest BCUT2D eigenvalue weighted by Gasteiger charge is -2.11. The molecule has 4 nitrogen and oxygen atoms in total. The number of ether oxygens (including phenoxy) is 1. The fraction of sp³-hybridized carbons (Fsp3) is 0.0455. The van der Waals surface area contributed by atoms with Crippen molar-refractivity contribution in [3.05, 3.63) is 84.4 Å². The molecular formula is C22H16N2O2. The molecule has 26 heavy (non-hydrogen) atoms. The van der Waals surface area contributed by atoms with Crippen LogP contribution in [0.3, 0.4) is 0 Å². The molecule has 0 N–H and O–H groups in total. The van der Waals surface area contributed by atoms with Crippen molar-refractivity contribution in [1.29, 1.82) is 0 Å². The van der Waals surface area contributed by atoms with Gasteiger partial charge in [0.15, 0.2) is 0 Å². The SMILES string of the molecule is COC(=O)c1ccc2nc(-c3ccccc3)c(-c3ccccc3)nc2c1. The van der Waals surface area contributed by atoms with Crippen molar-refractivity contribution in [1.82, 2.24) is 9.97 Å². The van der Waals surface area contributed by atoms with Gasteiger partial charge in [-0.1, -0.05) is 60.7 Å². The first kappa shape index (κ1) is 16.0. The highest BCUT2D eigenvalue weighted by molar-refractivity contribution is 5.94. The van der Waals surface area contributed by atoms with E-state index in [0.29, 0.717) is 11.1 Å². The van der Waals surface area contributed by atoms with E-state index in [2.05, 4.69) is 0 Å². The van der Waals surface area contributed by atoms with Crippen molar-refractivity contribution in [3.63, 3.8) is 0 Å². The summed E-state index contributed by atoms with van der Waals surface area (Å²) in [5.74, 6) is -0.387. The van der Waals surface area contributed by atoms with Crippen LogP contribution in [0, 0.1) is 0 Å². The molecule has 4 rings (SSSR count). The first-order valence-corrected chi connectivity index (χ1v) is 8.27. The van der Waals surface area contributed by atoms with Crippen molar-refractivity contribution in [2.75, 3.05) is 7.11 Å². The number of fused-ring (bicyclic) bond motifs is 1. The number of benzene rings is 3. The first-order chi connectivity index (χ1) is 12.8. The van der Waals surface area contributed by atoms with Crippen LogP contribution in [-0.2, 0) is 4.74 Å². The molecule has 4 heteroatoms. The van der Waals surface area contributed by atoms with Gasteiger partial charge < -0.3 is 4.74 Å². The molecule has 3 aromatic carbocycles. The third-order valence-electron chi connectivity index (χ3n) is 4.18. The second-order valence-electron chi connectivity index (χ2n) is 5.85. The number of methoxy groups -OCH3 is 1. The number of aromatic nitrogens is 2. The lowest BCUT2D eigenvalue weighted by molar-refractivity contribution is 0.0601. The van der Waals surface area contributed by atoms with Crippen LogP contribution < -0.4 is 0 Å². The van der Waals surface area contributed by atoms with Crippen molar-refractivity contribution in [3.8, 4) is 22.5 Å². The minimum Gasteiger partial charge on any atom is -0.465 e. The second-order valence-corrected chi connectivity index (χ2v) is 5.85. The summed E-state index contributed by atoms with van der Waals surface area (Å²) < 4.78 is 4.81. The molecule has 0 saturated carbocycles. The molecule has 0 unspecified atom stereocenters. The molecule has 0 saturated heterocycles. The van der Waals surface area contributed by atoms with E-state index >= 15 is 0 Å². The lowest BCUT2D eigenvalue weighted by Crippen LogP contribution is -2.02. The van der Waals surface area contributed by atoms with E-state index in [1.807, 2.05) is 60.7 Å². The highest BCUT2D eigenvalue weighted by Crippen LogP contribution is 2.31. The predicted molar refractivity (Wildman–Crippen MR) is 102 cm³/mol. The van der Waals surface area contributed by atoms with Gasteiger partial charge in [-0.25, -0.2) is 14.8 Å². The monoisotopic (exact) mass is 340 g/mol. The summed E-state index contributed by atoms with van der Waals surface area (Å²) in [5, 5.41) is 0. The summed E-state index contributed by atoms with van der Waals surface area (Å²) >= 11 is 0. The van der Waals surface area contributed by atoms with E-state index in [9.17, 15) is 4.79 Å². The van der Waals surface area contributed by atoms with E-state index in [4.69, 9.17) is 14.7 Å². The van der Waals surface area contributed by atoms with Gasteiger partial charge in [-0.2, -0.15) is 0 Å². The molecule has 126 valence electrons. The molecule has 0 aliphatic carbocycles. The van der Waals surface area contributed by atoms with E-state index in [1.54, 1.807) is 18.2 Å². The van der Waals surface area contributed by atoms with Gasteiger partial charge in [0.2, 0.25) is 0 Å². The molecule has 1 aromatic heterocycles. The van der Waals surface area contributed by atoms with Crippen LogP contribution in [0.4, 0.5) is 0 Å². The number of nitrogens with zero attached hydrogens (tertiary/aromatic N) is 2. The lowest BCUT2D eigenvalue weighted by atomic mass is 10.0. The van der Waals surface area contributed by atoms with E-state index < -0.39 is 0 Å². The minimum atomic E-state index is -0.387. The van der Waals surface area contributed by atoms with Crippen LogP contribution in [0.1, 0.15) is 10.4 Å². The Balaban J connectivity index is 1.98. The van der Waals surface area contributed by atoms with Crippen LogP contribution in [0.2, 0.25) is 0 Å². The summed E-state index contributed by atoms with van der Waals surface area (Å²) in [6, 6.07) is 25.1. The average molecular weight is 340 g/mol. The number of hydrogen-bond acceptors (Lipinski definition) is 4. The van der Waals surface area contributed by atoms with Crippen molar-refractivity contribution in [2.24, 2.45) is 0 Å². The zero-order valence-corrected chi connectivity index (χ0v) is 14.2. The smallest absolute Gasteiger partial charge is 0.337 e. The highest BCUT2D eigenvalue weighted by Gasteiger charge is 2.14. The van der Waals surface area contributed by atoms with Crippen molar-refractivity contribution in [2.45, 2.75) is 0 Å². The standard InChI is InChI=1S/C22H16N2O2/c1-26-22(25)17-12-13-18-19(14-17)24-21(16-10-6-3-7-11-16)20(23-18)15-8-4-2-5-9-15/h2-14H,1H3. The number of hydrogen-bond donors (Lipinski definition) is 0. The molecule has 0 spiro atoms. The summed E-state index contributed by atoms with van der Waals surface area (Å²) in [7, 11) is 1.37. The number of rotatable bonds is 3. The minimum absolute atomic E-state index is 0.387. The van der Waals surface area contributed by atoms with Crippen molar-refractivity contribution < 1.29 is 9.53 Å². The van der Waals surface area contributed by atoms with Crippen LogP contribution in [0.25, 0.3) is 33.5 Å². The summed E-state index contributed by atoms with van der Waals surface area (Å²) in [6.45, 7) is 0. The Labute approximate surface area is 151 Å². The van der Waals surface area contributed by atoms with Gasteiger partial charge in [-0.05, 0) is 18.2 Å². The molecule has 0 bridgehead atoms. The van der Waals surface area contributed by atoms with Crippen LogP contribution in [-0.4, -0.2) is 23.0 Å². The molecule has 0 amide bonds. The Morgan fingerprint density at radius 3 is 1.81 bits per heavy atom. The topological polar surface area (TPSA) is 52.1 Å². The maximum atomic E-state index is 11.8. The van der Waals surface area contributed by atoms with Gasteiger partial charge in [-0.3, -0.25) is 0 Å². The second kappa shape index (κ2) is 6.76. The Kier molecular flexibility index (Phi) is 4.15. The van der Waals surface area contributed by atoms with E-state index in [-0.39, 0.29) is 5.97 Å². The fourth-order valence-corrected chi connectivity index (χ4v) is 2.89. The third kappa shape index (κ3) is 2.93. The van der Waals surface area contributed by atoms with Crippen molar-refractivity contribution >= 4 is 17.0 Å². The van der Waals surface area contributed by atoms with Crippen LogP contribution in [0.15, 0.2) is 78.9 Å². The highest BCUT2D eigenvalue weighted by atomic mass is 16.5. The van der Waals surface area contributed by atoms with Gasteiger partial charge in [-0.15, -0.1) is 0 Å². The van der Waals surface area contributed by atoms with Gasteiger partial charge >= 0.3 is 5.97 Å². The normalized spacial score (nSPS) is 10.7. The van der Waals surface area contributed by atoms with Gasteiger partial charge in [0, 0.05) is 11.1 Å². The average Bonchev–Trinajstić information content (AvgIpc) is 2.73. The Hall–Kier alpha value is -3.53. The molecule has 0 aliphatic heterocycles. The Bertz CT molecular complexity index is 1080. The maximum absolute atomic E-state index is 11.8. The fourth-order valence-electron chi connectivity index (χ4n) is 2.89. The largest absolute Gasteiger partial charge is 0.465 e. The molecule has 1 heterocycles. The predicted octanol–water partition coefficient (Wildman–Crippen LogP) is 4.75. The molecule has 0 fully saturated rings. The molecular weight excluding hydrogens is 324 g/mol. The Morgan fingerprint density at radius 2 is 1.27 bits per heavy atom. The molecule has 4 aromatic rings. The zero-order valence-electron chi connectivity index (χ0n) is 14.2. The number of carbonyl (C=O) groups is 1. The van der Waals surface area contributed by atoms with E-state index in [1.165, 1.54) is 7.11 Å². The zero-order chi connectivity index (χ0) is 17.9. The number of esters is 1. The van der Waals surface area contributed by atoms with Gasteiger partial charge in [0.05, 0.1) is 35.1 Å². The first-order valence-electron chi connectivity index (χ1n) is 8.27. The number of carbonyl (C=O) groups excluding carboxylic acids is 1. The summed E-state index contributed by atoms with van der Waals surface area (Å²) in [6.07, 6.45) is 0. The maximum Gasteiger partial charge on any atom is 0.337 e. The quantitative estimate of drug-likeness (QED) is 0.505. The van der Waals surface area contributed by atoms with Gasteiger partial charge in [0.1, 0.15) is 0 Å².